The molecule has 0 aliphatic carbocycles. The van der Waals surface area contributed by atoms with Gasteiger partial charge in [0.2, 0.25) is 5.88 Å². The number of methoxy groups -OCH3 is 1. The number of anilines is 2. The van der Waals surface area contributed by atoms with Gasteiger partial charge in [-0.15, -0.1) is 11.3 Å². The van der Waals surface area contributed by atoms with Gasteiger partial charge in [0.05, 0.1) is 45.7 Å². The second-order valence-electron chi connectivity index (χ2n) is 13.4. The van der Waals surface area contributed by atoms with E-state index in [1.807, 2.05) is 55.5 Å². The standard InChI is InChI=1S/C38H41Cl2N7O4S/c1-21-17-29(45-37(51-2)27(21)19-41-18-23-9-10-31(48)43-23)26-7-3-5-24(33(26)39)25-6-4-8-28(34(25)40)44-36-35-30(11-14-42-36)52-32(46-35)20-47-15-12-22(13-16-47)38(49)50/h3-8,11,14,17,22-23,31,41,43,48H,9-10,12-13,15-16,18-20H2,1-2H3,(H,42,44)(H,49,50)/t23-,31?/m0/s1. The summed E-state index contributed by atoms with van der Waals surface area (Å²) < 4.78 is 6.75. The highest BCUT2D eigenvalue weighted by Gasteiger charge is 2.26. The van der Waals surface area contributed by atoms with Gasteiger partial charge in [0.15, 0.2) is 5.82 Å². The first-order chi connectivity index (χ1) is 25.2. The lowest BCUT2D eigenvalue weighted by Crippen LogP contribution is -2.37. The van der Waals surface area contributed by atoms with Crippen molar-refractivity contribution < 1.29 is 19.7 Å². The van der Waals surface area contributed by atoms with Crippen LogP contribution in [0.25, 0.3) is 32.6 Å². The molecule has 1 unspecified atom stereocenters. The van der Waals surface area contributed by atoms with E-state index in [4.69, 9.17) is 37.9 Å². The van der Waals surface area contributed by atoms with Crippen molar-refractivity contribution in [3.05, 3.63) is 80.9 Å². The highest BCUT2D eigenvalue weighted by molar-refractivity contribution is 7.18. The van der Waals surface area contributed by atoms with E-state index in [0.29, 0.717) is 59.1 Å². The number of hydrogen-bond acceptors (Lipinski definition) is 11. The lowest BCUT2D eigenvalue weighted by Gasteiger charge is -2.29. The first kappa shape index (κ1) is 36.5. The maximum absolute atomic E-state index is 11.4. The number of aromatic nitrogens is 3. The molecule has 272 valence electrons. The number of piperidine rings is 1. The Labute approximate surface area is 316 Å². The summed E-state index contributed by atoms with van der Waals surface area (Å²) in [6.45, 7) is 5.49. The molecule has 7 rings (SSSR count). The third kappa shape index (κ3) is 7.89. The first-order valence-electron chi connectivity index (χ1n) is 17.4. The van der Waals surface area contributed by atoms with Gasteiger partial charge in [-0.3, -0.25) is 15.0 Å². The number of ether oxygens (including phenoxy) is 1. The smallest absolute Gasteiger partial charge is 0.306 e. The fourth-order valence-electron chi connectivity index (χ4n) is 7.01. The number of aryl methyl sites for hydroxylation is 1. The molecule has 2 saturated heterocycles. The van der Waals surface area contributed by atoms with Gasteiger partial charge in [0, 0.05) is 47.6 Å². The summed E-state index contributed by atoms with van der Waals surface area (Å²) in [5.41, 5.74) is 6.38. The fraction of sp³-hybridized carbons (Fsp3) is 0.368. The van der Waals surface area contributed by atoms with Crippen molar-refractivity contribution in [1.82, 2.24) is 30.5 Å². The molecule has 11 nitrogen and oxygen atoms in total. The number of carboxylic acid groups (broad SMARTS) is 1. The normalized spacial score (nSPS) is 18.2. The summed E-state index contributed by atoms with van der Waals surface area (Å²) in [6, 6.07) is 15.8. The molecule has 52 heavy (non-hydrogen) atoms. The van der Waals surface area contributed by atoms with Crippen LogP contribution in [0.2, 0.25) is 10.0 Å². The van der Waals surface area contributed by atoms with Crippen LogP contribution in [0.5, 0.6) is 5.88 Å². The third-order valence-corrected chi connectivity index (χ3v) is 11.7. The van der Waals surface area contributed by atoms with Crippen LogP contribution in [0.4, 0.5) is 11.5 Å². The molecule has 0 bridgehead atoms. The van der Waals surface area contributed by atoms with Gasteiger partial charge in [0.25, 0.3) is 0 Å². The second-order valence-corrected chi connectivity index (χ2v) is 15.2. The Morgan fingerprint density at radius 3 is 2.52 bits per heavy atom. The SMILES string of the molecule is COc1nc(-c2cccc(-c3cccc(Nc4nccc5sc(CN6CCC(C(=O)O)CC6)nc45)c3Cl)c2Cl)cc(C)c1CNC[C@@H]1CCC(O)N1. The van der Waals surface area contributed by atoms with E-state index in [0.717, 1.165) is 75.5 Å². The molecule has 3 aromatic heterocycles. The van der Waals surface area contributed by atoms with Gasteiger partial charge >= 0.3 is 5.97 Å². The van der Waals surface area contributed by atoms with Crippen LogP contribution in [-0.4, -0.2) is 75.0 Å². The molecule has 2 fully saturated rings. The lowest BCUT2D eigenvalue weighted by molar-refractivity contribution is -0.143. The molecule has 5 aromatic rings. The zero-order valence-electron chi connectivity index (χ0n) is 29.0. The molecule has 5 heterocycles. The molecule has 0 radical (unpaired) electrons. The first-order valence-corrected chi connectivity index (χ1v) is 19.0. The zero-order valence-corrected chi connectivity index (χ0v) is 31.3. The Kier molecular flexibility index (Phi) is 11.2. The Morgan fingerprint density at radius 2 is 1.79 bits per heavy atom. The molecular formula is C38H41Cl2N7O4S. The molecule has 0 amide bonds. The Morgan fingerprint density at radius 1 is 1.04 bits per heavy atom. The number of aliphatic hydroxyl groups excluding tert-OH is 1. The highest BCUT2D eigenvalue weighted by Crippen LogP contribution is 2.43. The van der Waals surface area contributed by atoms with Gasteiger partial charge in [-0.25, -0.2) is 15.0 Å². The molecule has 5 N–H and O–H groups in total. The van der Waals surface area contributed by atoms with Crippen LogP contribution in [-0.2, 0) is 17.9 Å². The number of nitrogens with zero attached hydrogens (tertiary/aromatic N) is 4. The van der Waals surface area contributed by atoms with Crippen molar-refractivity contribution in [3.8, 4) is 28.3 Å². The summed E-state index contributed by atoms with van der Waals surface area (Å²) in [6.07, 6.45) is 4.31. The summed E-state index contributed by atoms with van der Waals surface area (Å²) in [4.78, 5) is 28.0. The van der Waals surface area contributed by atoms with E-state index >= 15 is 0 Å². The van der Waals surface area contributed by atoms with Crippen LogP contribution in [0, 0.1) is 12.8 Å². The fourth-order valence-corrected chi connectivity index (χ4v) is 8.62. The van der Waals surface area contributed by atoms with Crippen LogP contribution in [0.15, 0.2) is 54.7 Å². The van der Waals surface area contributed by atoms with Crippen molar-refractivity contribution in [2.75, 3.05) is 32.1 Å². The minimum Gasteiger partial charge on any atom is -0.481 e. The van der Waals surface area contributed by atoms with Crippen molar-refractivity contribution in [1.29, 1.82) is 0 Å². The van der Waals surface area contributed by atoms with Gasteiger partial charge in [-0.2, -0.15) is 0 Å². The maximum Gasteiger partial charge on any atom is 0.306 e. The zero-order chi connectivity index (χ0) is 36.4. The van der Waals surface area contributed by atoms with Gasteiger partial charge in [-0.05, 0) is 69.5 Å². The second kappa shape index (κ2) is 16.0. The number of pyridine rings is 2. The van der Waals surface area contributed by atoms with E-state index in [1.165, 1.54) is 0 Å². The molecule has 2 aromatic carbocycles. The molecule has 2 aliphatic heterocycles. The quantitative estimate of drug-likeness (QED) is 0.0877. The average Bonchev–Trinajstić information content (AvgIpc) is 3.75. The van der Waals surface area contributed by atoms with Crippen LogP contribution in [0.3, 0.4) is 0 Å². The third-order valence-electron chi connectivity index (χ3n) is 9.88. The van der Waals surface area contributed by atoms with E-state index in [1.54, 1.807) is 24.6 Å². The number of carboxylic acids is 1. The van der Waals surface area contributed by atoms with Crippen LogP contribution in [0.1, 0.15) is 41.8 Å². The summed E-state index contributed by atoms with van der Waals surface area (Å²) in [7, 11) is 1.62. The van der Waals surface area contributed by atoms with E-state index < -0.39 is 12.2 Å². The van der Waals surface area contributed by atoms with E-state index in [2.05, 4.69) is 25.8 Å². The van der Waals surface area contributed by atoms with Crippen molar-refractivity contribution in [2.45, 2.75) is 58.0 Å². The maximum atomic E-state index is 11.4. The van der Waals surface area contributed by atoms with Crippen molar-refractivity contribution in [3.63, 3.8) is 0 Å². The molecule has 2 aliphatic rings. The number of fused-ring (bicyclic) bond motifs is 1. The van der Waals surface area contributed by atoms with Gasteiger partial charge < -0.3 is 25.6 Å². The summed E-state index contributed by atoms with van der Waals surface area (Å²) in [5, 5.41) is 31.2. The predicted molar refractivity (Wildman–Crippen MR) is 207 cm³/mol. The number of nitrogens with one attached hydrogen (secondary N) is 3. The number of rotatable bonds is 12. The van der Waals surface area contributed by atoms with Crippen molar-refractivity contribution in [2.24, 2.45) is 5.92 Å². The number of benzene rings is 2. The van der Waals surface area contributed by atoms with Gasteiger partial charge in [-0.1, -0.05) is 53.5 Å². The summed E-state index contributed by atoms with van der Waals surface area (Å²) in [5.74, 6) is 0.150. The van der Waals surface area contributed by atoms with Gasteiger partial charge in [0.1, 0.15) is 16.8 Å². The molecular weight excluding hydrogens is 721 g/mol. The number of aliphatic hydroxyl groups is 1. The lowest BCUT2D eigenvalue weighted by atomic mass is 9.97. The number of thiazole rings is 1. The number of hydrogen-bond donors (Lipinski definition) is 5. The topological polar surface area (TPSA) is 145 Å². The molecule has 14 heteroatoms. The predicted octanol–water partition coefficient (Wildman–Crippen LogP) is 7.24. The highest BCUT2D eigenvalue weighted by atomic mass is 35.5. The molecule has 0 saturated carbocycles. The molecule has 2 atom stereocenters. The van der Waals surface area contributed by atoms with Crippen LogP contribution >= 0.6 is 34.5 Å². The number of likely N-dealkylation sites (tertiary alicyclic amines) is 1. The average molecular weight is 763 g/mol. The number of carbonyl (C=O) groups is 1. The van der Waals surface area contributed by atoms with Crippen molar-refractivity contribution >= 4 is 62.2 Å². The number of halogens is 2. The van der Waals surface area contributed by atoms with Crippen LogP contribution < -0.4 is 20.7 Å². The minimum absolute atomic E-state index is 0.230. The van der Waals surface area contributed by atoms with E-state index in [-0.39, 0.29) is 12.0 Å². The Bertz CT molecular complexity index is 2090. The monoisotopic (exact) mass is 761 g/mol. The molecule has 0 spiro atoms. The number of aliphatic carboxylic acids is 1. The minimum atomic E-state index is -0.711. The van der Waals surface area contributed by atoms with E-state index in [9.17, 15) is 15.0 Å². The largest absolute Gasteiger partial charge is 0.481 e. The Balaban J connectivity index is 1.10. The Hall–Kier alpha value is -3.88. The summed E-state index contributed by atoms with van der Waals surface area (Å²) >= 11 is 15.9.